The Bertz CT molecular complexity index is 746. The molecule has 0 aliphatic rings. The zero-order valence-corrected chi connectivity index (χ0v) is 12.3. The van der Waals surface area contributed by atoms with Gasteiger partial charge in [0.05, 0.1) is 11.1 Å². The molecule has 114 valence electrons. The van der Waals surface area contributed by atoms with Crippen LogP contribution >= 0.6 is 11.6 Å². The smallest absolute Gasteiger partial charge is 0.273 e. The van der Waals surface area contributed by atoms with E-state index < -0.39 is 11.8 Å². The van der Waals surface area contributed by atoms with E-state index in [1.165, 1.54) is 30.3 Å². The van der Waals surface area contributed by atoms with Crippen LogP contribution in [0.15, 0.2) is 36.4 Å². The van der Waals surface area contributed by atoms with Crippen molar-refractivity contribution in [2.24, 2.45) is 0 Å². The van der Waals surface area contributed by atoms with Crippen molar-refractivity contribution in [1.82, 2.24) is 10.9 Å². The molecule has 2 aromatic rings. The molecule has 0 aliphatic carbocycles. The van der Waals surface area contributed by atoms with Gasteiger partial charge in [0, 0.05) is 5.02 Å². The van der Waals surface area contributed by atoms with Gasteiger partial charge in [-0.2, -0.15) is 0 Å². The zero-order valence-electron chi connectivity index (χ0n) is 11.6. The van der Waals surface area contributed by atoms with Crippen molar-refractivity contribution < 1.29 is 19.8 Å². The van der Waals surface area contributed by atoms with Gasteiger partial charge in [0.2, 0.25) is 0 Å². The van der Waals surface area contributed by atoms with Gasteiger partial charge in [-0.25, -0.2) is 0 Å². The highest BCUT2D eigenvalue weighted by molar-refractivity contribution is 6.31. The molecule has 6 nitrogen and oxygen atoms in total. The number of nitrogens with one attached hydrogen (secondary N) is 2. The summed E-state index contributed by atoms with van der Waals surface area (Å²) in [5, 5.41) is 19.6. The SMILES string of the molecule is Cc1ccc(C(=O)NNC(=O)c2cc(Cl)ccc2O)c(O)c1. The first-order valence-electron chi connectivity index (χ1n) is 6.27. The lowest BCUT2D eigenvalue weighted by atomic mass is 10.1. The number of aryl methyl sites for hydroxylation is 1. The third-order valence-electron chi connectivity index (χ3n) is 2.89. The number of carbonyl (C=O) groups is 2. The largest absolute Gasteiger partial charge is 0.507 e. The number of phenolic OH excluding ortho intramolecular Hbond substituents is 2. The van der Waals surface area contributed by atoms with E-state index in [9.17, 15) is 19.8 Å². The summed E-state index contributed by atoms with van der Waals surface area (Å²) in [6.07, 6.45) is 0. The summed E-state index contributed by atoms with van der Waals surface area (Å²) >= 11 is 5.74. The lowest BCUT2D eigenvalue weighted by molar-refractivity contribution is 0.0843. The molecule has 0 fully saturated rings. The molecule has 0 aromatic heterocycles. The molecule has 0 saturated heterocycles. The van der Waals surface area contributed by atoms with Gasteiger partial charge >= 0.3 is 0 Å². The summed E-state index contributed by atoms with van der Waals surface area (Å²) in [5.41, 5.74) is 5.02. The Morgan fingerprint density at radius 3 is 2.18 bits per heavy atom. The molecule has 0 spiro atoms. The van der Waals surface area contributed by atoms with Gasteiger partial charge in [0.25, 0.3) is 11.8 Å². The highest BCUT2D eigenvalue weighted by Gasteiger charge is 2.15. The van der Waals surface area contributed by atoms with E-state index >= 15 is 0 Å². The molecule has 0 saturated carbocycles. The maximum Gasteiger partial charge on any atom is 0.273 e. The second-order valence-electron chi connectivity index (χ2n) is 4.59. The number of benzene rings is 2. The van der Waals surface area contributed by atoms with Crippen molar-refractivity contribution in [1.29, 1.82) is 0 Å². The summed E-state index contributed by atoms with van der Waals surface area (Å²) in [6.45, 7) is 1.77. The van der Waals surface area contributed by atoms with Crippen LogP contribution < -0.4 is 10.9 Å². The third kappa shape index (κ3) is 3.48. The fraction of sp³-hybridized carbons (Fsp3) is 0.0667. The van der Waals surface area contributed by atoms with Crippen molar-refractivity contribution in [3.8, 4) is 11.5 Å². The molecule has 0 unspecified atom stereocenters. The first kappa shape index (κ1) is 15.7. The first-order valence-corrected chi connectivity index (χ1v) is 6.65. The average Bonchev–Trinajstić information content (AvgIpc) is 2.47. The molecule has 22 heavy (non-hydrogen) atoms. The van der Waals surface area contributed by atoms with E-state index in [0.717, 1.165) is 5.56 Å². The van der Waals surface area contributed by atoms with E-state index in [2.05, 4.69) is 10.9 Å². The van der Waals surface area contributed by atoms with E-state index in [-0.39, 0.29) is 27.6 Å². The van der Waals surface area contributed by atoms with Gasteiger partial charge in [-0.15, -0.1) is 0 Å². The lowest BCUT2D eigenvalue weighted by Gasteiger charge is -2.10. The Morgan fingerprint density at radius 2 is 1.55 bits per heavy atom. The van der Waals surface area contributed by atoms with Crippen LogP contribution in [0.3, 0.4) is 0 Å². The number of carbonyl (C=O) groups excluding carboxylic acids is 2. The Labute approximate surface area is 131 Å². The molecule has 0 heterocycles. The number of rotatable bonds is 2. The van der Waals surface area contributed by atoms with E-state index in [4.69, 9.17) is 11.6 Å². The van der Waals surface area contributed by atoms with Crippen molar-refractivity contribution >= 4 is 23.4 Å². The molecule has 0 atom stereocenters. The summed E-state index contributed by atoms with van der Waals surface area (Å²) in [7, 11) is 0. The molecule has 0 radical (unpaired) electrons. The second-order valence-corrected chi connectivity index (χ2v) is 5.03. The monoisotopic (exact) mass is 320 g/mol. The number of amides is 2. The molecule has 4 N–H and O–H groups in total. The van der Waals surface area contributed by atoms with E-state index in [0.29, 0.717) is 0 Å². The third-order valence-corrected chi connectivity index (χ3v) is 3.13. The number of hydrogen-bond donors (Lipinski definition) is 4. The van der Waals surface area contributed by atoms with Crippen LogP contribution in [0.4, 0.5) is 0 Å². The maximum atomic E-state index is 11.9. The number of aromatic hydroxyl groups is 2. The molecule has 2 rings (SSSR count). The van der Waals surface area contributed by atoms with Crippen molar-refractivity contribution in [2.75, 3.05) is 0 Å². The van der Waals surface area contributed by atoms with Crippen LogP contribution in [-0.4, -0.2) is 22.0 Å². The quantitative estimate of drug-likeness (QED) is 0.637. The minimum Gasteiger partial charge on any atom is -0.507 e. The number of hydrogen-bond acceptors (Lipinski definition) is 4. The summed E-state index contributed by atoms with van der Waals surface area (Å²) in [6, 6.07) is 8.48. The van der Waals surface area contributed by atoms with Gasteiger partial charge in [0.15, 0.2) is 0 Å². The van der Waals surface area contributed by atoms with Crippen LogP contribution in [0.1, 0.15) is 26.3 Å². The predicted molar refractivity (Wildman–Crippen MR) is 80.9 cm³/mol. The second kappa shape index (κ2) is 6.36. The fourth-order valence-corrected chi connectivity index (χ4v) is 1.94. The molecular weight excluding hydrogens is 308 g/mol. The van der Waals surface area contributed by atoms with Crippen molar-refractivity contribution in [3.05, 3.63) is 58.1 Å². The first-order chi connectivity index (χ1) is 10.4. The number of halogens is 1. The van der Waals surface area contributed by atoms with Crippen LogP contribution in [0.5, 0.6) is 11.5 Å². The van der Waals surface area contributed by atoms with Crippen LogP contribution in [0, 0.1) is 6.92 Å². The van der Waals surface area contributed by atoms with Gasteiger partial charge in [0.1, 0.15) is 11.5 Å². The molecule has 0 aliphatic heterocycles. The maximum absolute atomic E-state index is 11.9. The average molecular weight is 321 g/mol. The zero-order chi connectivity index (χ0) is 16.3. The van der Waals surface area contributed by atoms with Gasteiger partial charge in [-0.05, 0) is 42.8 Å². The Hall–Kier alpha value is -2.73. The molecule has 7 heteroatoms. The summed E-state index contributed by atoms with van der Waals surface area (Å²) < 4.78 is 0. The van der Waals surface area contributed by atoms with Gasteiger partial charge in [-0.3, -0.25) is 20.4 Å². The Balaban J connectivity index is 2.07. The van der Waals surface area contributed by atoms with Gasteiger partial charge in [-0.1, -0.05) is 17.7 Å². The Kier molecular flexibility index (Phi) is 4.53. The van der Waals surface area contributed by atoms with E-state index in [1.54, 1.807) is 13.0 Å². The van der Waals surface area contributed by atoms with E-state index in [1.807, 2.05) is 0 Å². The highest BCUT2D eigenvalue weighted by atomic mass is 35.5. The number of hydrazine groups is 1. The van der Waals surface area contributed by atoms with Crippen LogP contribution in [-0.2, 0) is 0 Å². The topological polar surface area (TPSA) is 98.7 Å². The minimum absolute atomic E-state index is 0.0150. The lowest BCUT2D eigenvalue weighted by Crippen LogP contribution is -2.41. The summed E-state index contributed by atoms with van der Waals surface area (Å²) in [5.74, 6) is -1.89. The molecule has 0 bridgehead atoms. The van der Waals surface area contributed by atoms with Crippen molar-refractivity contribution in [2.45, 2.75) is 6.92 Å². The molecule has 2 amide bonds. The predicted octanol–water partition coefficient (Wildman–Crippen LogP) is 2.13. The normalized spacial score (nSPS) is 10.1. The van der Waals surface area contributed by atoms with Crippen LogP contribution in [0.25, 0.3) is 0 Å². The number of phenols is 2. The van der Waals surface area contributed by atoms with Crippen molar-refractivity contribution in [3.63, 3.8) is 0 Å². The fourth-order valence-electron chi connectivity index (χ4n) is 1.77. The summed E-state index contributed by atoms with van der Waals surface area (Å²) in [4.78, 5) is 23.8. The standard InChI is InChI=1S/C15H13ClN2O4/c1-8-2-4-10(13(20)6-8)14(21)17-18-15(22)11-7-9(16)3-5-12(11)19/h2-7,19-20H,1H3,(H,17,21)(H,18,22). The molecule has 2 aromatic carbocycles. The minimum atomic E-state index is -0.736. The van der Waals surface area contributed by atoms with Crippen LogP contribution in [0.2, 0.25) is 5.02 Å². The molecular formula is C15H13ClN2O4. The van der Waals surface area contributed by atoms with Gasteiger partial charge < -0.3 is 10.2 Å². The highest BCUT2D eigenvalue weighted by Crippen LogP contribution is 2.21. The Morgan fingerprint density at radius 1 is 0.909 bits per heavy atom.